The van der Waals surface area contributed by atoms with Crippen LogP contribution in [0.4, 0.5) is 5.82 Å². The fraction of sp³-hybridized carbons (Fsp3) is 0.364. The molecule has 0 aliphatic carbocycles. The highest BCUT2D eigenvalue weighted by Gasteiger charge is 2.09. The number of hydrogen-bond donors (Lipinski definition) is 1. The number of nitrogens with zero attached hydrogens (tertiary/aromatic N) is 1. The van der Waals surface area contributed by atoms with Gasteiger partial charge in [0.2, 0.25) is 5.88 Å². The second-order valence-corrected chi connectivity index (χ2v) is 3.84. The van der Waals surface area contributed by atoms with Gasteiger partial charge in [0.25, 0.3) is 0 Å². The van der Waals surface area contributed by atoms with Gasteiger partial charge in [0.1, 0.15) is 10.8 Å². The number of nitrogens with one attached hydrogen (secondary N) is 1. The van der Waals surface area contributed by atoms with Gasteiger partial charge in [-0.2, -0.15) is 4.98 Å². The summed E-state index contributed by atoms with van der Waals surface area (Å²) in [5, 5.41) is 3.89. The summed E-state index contributed by atoms with van der Waals surface area (Å²) in [6, 6.07) is 1.58. The molecule has 0 aromatic carbocycles. The number of terminal acetylenes is 1. The second kappa shape index (κ2) is 6.47. The Morgan fingerprint density at radius 1 is 1.50 bits per heavy atom. The maximum absolute atomic E-state index is 5.97. The number of rotatable bonds is 5. The molecule has 0 radical (unpaired) electrons. The number of hydrogen-bond acceptors (Lipinski definition) is 3. The smallest absolute Gasteiger partial charge is 0.235 e. The first-order chi connectivity index (χ1) is 7.69. The highest BCUT2D eigenvalue weighted by molar-refractivity contribution is 6.36. The monoisotopic (exact) mass is 258 g/mol. The van der Waals surface area contributed by atoms with Crippen molar-refractivity contribution in [3.05, 3.63) is 16.1 Å². The summed E-state index contributed by atoms with van der Waals surface area (Å²) in [6.07, 6.45) is 6.06. The van der Waals surface area contributed by atoms with E-state index in [1.807, 2.05) is 6.92 Å². The van der Waals surface area contributed by atoms with E-state index in [9.17, 15) is 0 Å². The van der Waals surface area contributed by atoms with Crippen LogP contribution in [0.15, 0.2) is 6.07 Å². The summed E-state index contributed by atoms with van der Waals surface area (Å²) in [7, 11) is 0. The number of aromatic nitrogens is 1. The average Bonchev–Trinajstić information content (AvgIpc) is 2.26. The largest absolute Gasteiger partial charge is 0.463 e. The Morgan fingerprint density at radius 2 is 2.25 bits per heavy atom. The minimum Gasteiger partial charge on any atom is -0.463 e. The maximum atomic E-state index is 5.97. The van der Waals surface area contributed by atoms with Crippen molar-refractivity contribution in [2.24, 2.45) is 0 Å². The molecule has 0 bridgehead atoms. The van der Waals surface area contributed by atoms with Crippen molar-refractivity contribution in [1.29, 1.82) is 0 Å². The first kappa shape index (κ1) is 13.0. The molecule has 1 aromatic rings. The number of halogens is 2. The third kappa shape index (κ3) is 3.48. The fourth-order valence-electron chi connectivity index (χ4n) is 1.03. The molecule has 1 N–H and O–H groups in total. The molecule has 0 atom stereocenters. The second-order valence-electron chi connectivity index (χ2n) is 3.03. The molecule has 0 saturated carbocycles. The number of pyridine rings is 1. The van der Waals surface area contributed by atoms with Crippen molar-refractivity contribution in [3.63, 3.8) is 0 Å². The first-order valence-corrected chi connectivity index (χ1v) is 5.60. The predicted octanol–water partition coefficient (Wildman–Crippen LogP) is 3.22. The van der Waals surface area contributed by atoms with Crippen LogP contribution in [0.3, 0.4) is 0 Å². The van der Waals surface area contributed by atoms with Crippen molar-refractivity contribution in [3.8, 4) is 18.2 Å². The third-order valence-corrected chi connectivity index (χ3v) is 2.29. The van der Waals surface area contributed by atoms with Crippen LogP contribution >= 0.6 is 23.2 Å². The molecule has 1 rings (SSSR count). The van der Waals surface area contributed by atoms with Crippen LogP contribution in [0, 0.1) is 12.3 Å². The predicted molar refractivity (Wildman–Crippen MR) is 67.4 cm³/mol. The number of ether oxygens (including phenoxy) is 1. The molecule has 5 heteroatoms. The zero-order valence-corrected chi connectivity index (χ0v) is 10.4. The topological polar surface area (TPSA) is 34.1 Å². The van der Waals surface area contributed by atoms with Gasteiger partial charge < -0.3 is 10.1 Å². The lowest BCUT2D eigenvalue weighted by atomic mass is 10.4. The molecule has 0 spiro atoms. The van der Waals surface area contributed by atoms with Gasteiger partial charge in [-0.15, -0.1) is 6.42 Å². The van der Waals surface area contributed by atoms with E-state index >= 15 is 0 Å². The standard InChI is InChI=1S/C11H12Cl2N2O/c1-3-5-14-10-8(12)7-9(13)11(15-10)16-6-4-2/h2,7H,3,5-6H2,1H3,(H,14,15). The summed E-state index contributed by atoms with van der Waals surface area (Å²) in [4.78, 5) is 4.15. The van der Waals surface area contributed by atoms with Crippen molar-refractivity contribution in [1.82, 2.24) is 4.98 Å². The molecule has 86 valence electrons. The molecule has 1 heterocycles. The zero-order chi connectivity index (χ0) is 12.0. The third-order valence-electron chi connectivity index (χ3n) is 1.73. The van der Waals surface area contributed by atoms with Gasteiger partial charge in [0.15, 0.2) is 6.61 Å². The summed E-state index contributed by atoms with van der Waals surface area (Å²) in [5.74, 6) is 3.20. The van der Waals surface area contributed by atoms with Crippen molar-refractivity contribution >= 4 is 29.0 Å². The summed E-state index contributed by atoms with van der Waals surface area (Å²) < 4.78 is 5.18. The van der Waals surface area contributed by atoms with E-state index < -0.39 is 0 Å². The van der Waals surface area contributed by atoms with Crippen molar-refractivity contribution in [2.75, 3.05) is 18.5 Å². The van der Waals surface area contributed by atoms with Crippen LogP contribution in [0.25, 0.3) is 0 Å². The minimum atomic E-state index is 0.127. The zero-order valence-electron chi connectivity index (χ0n) is 8.89. The van der Waals surface area contributed by atoms with E-state index in [0.29, 0.717) is 21.7 Å². The van der Waals surface area contributed by atoms with Gasteiger partial charge in [0.05, 0.1) is 5.02 Å². The van der Waals surface area contributed by atoms with E-state index in [0.717, 1.165) is 13.0 Å². The van der Waals surface area contributed by atoms with E-state index in [1.54, 1.807) is 6.07 Å². The molecule has 0 aliphatic heterocycles. The first-order valence-electron chi connectivity index (χ1n) is 4.85. The Labute approximate surface area is 105 Å². The van der Waals surface area contributed by atoms with E-state index in [2.05, 4.69) is 16.2 Å². The van der Waals surface area contributed by atoms with E-state index in [-0.39, 0.29) is 6.61 Å². The lowest BCUT2D eigenvalue weighted by molar-refractivity contribution is 0.356. The van der Waals surface area contributed by atoms with Gasteiger partial charge in [-0.3, -0.25) is 0 Å². The van der Waals surface area contributed by atoms with E-state index in [1.165, 1.54) is 0 Å². The van der Waals surface area contributed by atoms with Gasteiger partial charge in [0, 0.05) is 6.54 Å². The summed E-state index contributed by atoms with van der Waals surface area (Å²) in [5.41, 5.74) is 0. The Balaban J connectivity index is 2.88. The van der Waals surface area contributed by atoms with Crippen LogP contribution in [0.1, 0.15) is 13.3 Å². The average molecular weight is 259 g/mol. The quantitative estimate of drug-likeness (QED) is 0.824. The van der Waals surface area contributed by atoms with Crippen molar-refractivity contribution in [2.45, 2.75) is 13.3 Å². The summed E-state index contributed by atoms with van der Waals surface area (Å²) >= 11 is 11.9. The van der Waals surface area contributed by atoms with Crippen LogP contribution in [0.2, 0.25) is 10.0 Å². The SMILES string of the molecule is C#CCOc1nc(NCCC)c(Cl)cc1Cl. The van der Waals surface area contributed by atoms with Crippen LogP contribution in [-0.2, 0) is 0 Å². The molecule has 16 heavy (non-hydrogen) atoms. The highest BCUT2D eigenvalue weighted by Crippen LogP contribution is 2.30. The normalized spacial score (nSPS) is 9.62. The molecule has 3 nitrogen and oxygen atoms in total. The molecule has 1 aromatic heterocycles. The van der Waals surface area contributed by atoms with E-state index in [4.69, 9.17) is 34.4 Å². The van der Waals surface area contributed by atoms with Crippen LogP contribution in [0.5, 0.6) is 5.88 Å². The Bertz CT molecular complexity index is 402. The Morgan fingerprint density at radius 3 is 2.88 bits per heavy atom. The number of anilines is 1. The molecular formula is C11H12Cl2N2O. The maximum Gasteiger partial charge on any atom is 0.235 e. The molecule has 0 aliphatic rings. The Hall–Kier alpha value is -1.11. The lowest BCUT2D eigenvalue weighted by Crippen LogP contribution is -2.05. The molecular weight excluding hydrogens is 247 g/mol. The Kier molecular flexibility index (Phi) is 5.24. The lowest BCUT2D eigenvalue weighted by Gasteiger charge is -2.10. The minimum absolute atomic E-state index is 0.127. The van der Waals surface area contributed by atoms with Gasteiger partial charge >= 0.3 is 0 Å². The fourth-order valence-corrected chi connectivity index (χ4v) is 1.51. The van der Waals surface area contributed by atoms with Crippen molar-refractivity contribution < 1.29 is 4.74 Å². The van der Waals surface area contributed by atoms with Crippen LogP contribution in [-0.4, -0.2) is 18.1 Å². The van der Waals surface area contributed by atoms with Gasteiger partial charge in [-0.25, -0.2) is 0 Å². The molecule has 0 saturated heterocycles. The molecule has 0 unspecified atom stereocenters. The highest BCUT2D eigenvalue weighted by atomic mass is 35.5. The van der Waals surface area contributed by atoms with Crippen LogP contribution < -0.4 is 10.1 Å². The van der Waals surface area contributed by atoms with Gasteiger partial charge in [-0.05, 0) is 12.5 Å². The molecule has 0 fully saturated rings. The van der Waals surface area contributed by atoms with Gasteiger partial charge in [-0.1, -0.05) is 36.0 Å². The molecule has 0 amide bonds. The summed E-state index contributed by atoms with van der Waals surface area (Å²) in [6.45, 7) is 2.96.